The van der Waals surface area contributed by atoms with Crippen molar-refractivity contribution in [1.29, 1.82) is 0 Å². The van der Waals surface area contributed by atoms with Gasteiger partial charge in [-0.25, -0.2) is 0 Å². The van der Waals surface area contributed by atoms with Gasteiger partial charge in [0.2, 0.25) is 0 Å². The first kappa shape index (κ1) is 23.8. The van der Waals surface area contributed by atoms with Crippen LogP contribution in [-0.4, -0.2) is 5.48 Å². The maximum absolute atomic E-state index is 8.50. The molecule has 5 nitrogen and oxygen atoms in total. The fraction of sp³-hybridized carbons (Fsp3) is 1.00. The van der Waals surface area contributed by atoms with Crippen molar-refractivity contribution in [2.24, 2.45) is 0 Å². The van der Waals surface area contributed by atoms with Crippen molar-refractivity contribution in [2.75, 3.05) is 0 Å². The van der Waals surface area contributed by atoms with Gasteiger partial charge in [-0.2, -0.15) is 0 Å². The molecule has 0 spiro atoms. The molecule has 0 saturated heterocycles. The van der Waals surface area contributed by atoms with E-state index in [1.54, 1.807) is 0 Å². The van der Waals surface area contributed by atoms with Gasteiger partial charge in [0, 0.05) is 0 Å². The predicted molar refractivity (Wildman–Crippen MR) is 15.3 cm³/mol. The molecule has 0 radical (unpaired) electrons. The molecule has 0 atom stereocenters. The molecule has 8 heavy (non-hydrogen) atoms. The van der Waals surface area contributed by atoms with Crippen LogP contribution in [0.2, 0.25) is 0 Å². The Morgan fingerprint density at radius 3 is 1.25 bits per heavy atom. The molecule has 0 aliphatic carbocycles. The van der Waals surface area contributed by atoms with Crippen LogP contribution in [0.25, 0.3) is 0 Å². The summed E-state index contributed by atoms with van der Waals surface area (Å²) in [6.45, 7) is 0. The molecule has 0 bridgehead atoms. The molecule has 0 aromatic carbocycles. The van der Waals surface area contributed by atoms with E-state index in [1.165, 1.54) is 0 Å². The molecule has 0 amide bonds. The van der Waals surface area contributed by atoms with Crippen molar-refractivity contribution in [2.45, 2.75) is 7.43 Å². The summed E-state index contributed by atoms with van der Waals surface area (Å²) < 4.78 is 33.8. The van der Waals surface area contributed by atoms with E-state index in [-0.39, 0.29) is 15.8 Å². The van der Waals surface area contributed by atoms with E-state index in [2.05, 4.69) is 0 Å². The fourth-order valence-electron chi connectivity index (χ4n) is 0. The Balaban J connectivity index is -0.00000000571. The Bertz CT molecular complexity index is 73.6. The third kappa shape index (κ3) is 1200. The summed E-state index contributed by atoms with van der Waals surface area (Å²) in [6.07, 6.45) is 0. The fourth-order valence-corrected chi connectivity index (χ4v) is 0. The van der Waals surface area contributed by atoms with Crippen molar-refractivity contribution in [3.05, 3.63) is 0 Å². The second kappa shape index (κ2) is 52.7. The van der Waals surface area contributed by atoms with Crippen molar-refractivity contribution in [3.8, 4) is 0 Å². The predicted octanol–water partition coefficient (Wildman–Crippen LogP) is -0.444. The van der Waals surface area contributed by atoms with Gasteiger partial charge in [0.05, 0.1) is 0 Å². The van der Waals surface area contributed by atoms with Crippen LogP contribution in [0.15, 0.2) is 0 Å². The van der Waals surface area contributed by atoms with Crippen LogP contribution in [0.4, 0.5) is 0 Å². The van der Waals surface area contributed by atoms with Crippen LogP contribution in [0.1, 0.15) is 10.3 Å². The van der Waals surface area contributed by atoms with E-state index in [9.17, 15) is 0 Å². The van der Waals surface area contributed by atoms with Gasteiger partial charge in [0.25, 0.3) is 0 Å². The minimum absolute atomic E-state index is 0. The SMILES string of the molecule is C.O.[H+].[H+].[O]=[Mn]=[O].[O]=[Ti]=[O]. The molecule has 0 aliphatic rings. The molecular formula is CH8MnO5Ti+2. The Labute approximate surface area is 64.3 Å². The summed E-state index contributed by atoms with van der Waals surface area (Å²) in [5.74, 6) is 0. The van der Waals surface area contributed by atoms with Gasteiger partial charge in [-0.3, -0.25) is 0 Å². The quantitative estimate of drug-likeness (QED) is 0.497. The molecule has 0 fully saturated rings. The van der Waals surface area contributed by atoms with E-state index in [4.69, 9.17) is 14.3 Å². The molecule has 0 rings (SSSR count). The maximum atomic E-state index is 8.50. The van der Waals surface area contributed by atoms with E-state index in [0.717, 1.165) is 0 Å². The molecule has 0 saturated carbocycles. The number of rotatable bonds is 0. The summed E-state index contributed by atoms with van der Waals surface area (Å²) in [4.78, 5) is 0. The van der Waals surface area contributed by atoms with Crippen molar-refractivity contribution >= 4 is 0 Å². The summed E-state index contributed by atoms with van der Waals surface area (Å²) in [6, 6.07) is 0. The van der Waals surface area contributed by atoms with Crippen molar-refractivity contribution in [3.63, 3.8) is 0 Å². The van der Waals surface area contributed by atoms with Gasteiger partial charge in [-0.1, -0.05) is 7.43 Å². The van der Waals surface area contributed by atoms with E-state index in [0.29, 0.717) is 0 Å². The first-order valence-electron chi connectivity index (χ1n) is 0.717. The summed E-state index contributed by atoms with van der Waals surface area (Å²) in [7, 11) is 0. The molecule has 0 heterocycles. The second-order valence-electron chi connectivity index (χ2n) is 0.146. The van der Waals surface area contributed by atoms with E-state index < -0.39 is 33.9 Å². The molecular weight excluding hydrogens is 195 g/mol. The Morgan fingerprint density at radius 1 is 1.25 bits per heavy atom. The zero-order valence-electron chi connectivity index (χ0n) is 5.01. The van der Waals surface area contributed by atoms with Gasteiger partial charge in [-0.15, -0.1) is 0 Å². The first-order chi connectivity index (χ1) is 2.83. The molecule has 0 aliphatic heterocycles. The topological polar surface area (TPSA) is 99.8 Å². The van der Waals surface area contributed by atoms with E-state index >= 15 is 0 Å². The molecule has 7 heteroatoms. The Kier molecular flexibility index (Phi) is 157. The molecule has 0 aromatic rings. The van der Waals surface area contributed by atoms with Gasteiger partial charge >= 0.3 is 51.1 Å². The second-order valence-corrected chi connectivity index (χ2v) is 0.603. The average Bonchev–Trinajstić information content (AvgIpc) is 1.39. The number of hydrogen-bond donors (Lipinski definition) is 0. The third-order valence-electron chi connectivity index (χ3n) is 0. The monoisotopic (exact) mass is 203 g/mol. The van der Waals surface area contributed by atoms with Crippen LogP contribution in [0.5, 0.6) is 0 Å². The zero-order valence-corrected chi connectivity index (χ0v) is 5.75. The molecule has 0 unspecified atom stereocenters. The van der Waals surface area contributed by atoms with Crippen LogP contribution in [-0.2, 0) is 48.2 Å². The van der Waals surface area contributed by atoms with Crippen LogP contribution in [0, 0.1) is 0 Å². The standard InChI is InChI=1S/CH4.Mn.H2O.4O.Ti/h1H4;;1H2;;;;;/p+2. The van der Waals surface area contributed by atoms with E-state index in [1.807, 2.05) is 0 Å². The summed E-state index contributed by atoms with van der Waals surface area (Å²) >= 11 is -3.44. The Morgan fingerprint density at radius 2 is 1.25 bits per heavy atom. The number of hydrogen-bond acceptors (Lipinski definition) is 4. The summed E-state index contributed by atoms with van der Waals surface area (Å²) in [5, 5.41) is 0. The molecule has 2 N–H and O–H groups in total. The first-order valence-corrected chi connectivity index (χ1v) is 2.96. The molecule has 51 valence electrons. The Hall–Kier alpha value is 0.394. The summed E-state index contributed by atoms with van der Waals surface area (Å²) in [5.41, 5.74) is 0. The van der Waals surface area contributed by atoms with Crippen LogP contribution >= 0.6 is 0 Å². The molecule has 0 aromatic heterocycles. The zero-order chi connectivity index (χ0) is 5.41. The van der Waals surface area contributed by atoms with Gasteiger partial charge in [0.1, 0.15) is 0 Å². The third-order valence-corrected chi connectivity index (χ3v) is 0. The van der Waals surface area contributed by atoms with Crippen molar-refractivity contribution < 1.29 is 56.6 Å². The van der Waals surface area contributed by atoms with Crippen LogP contribution < -0.4 is 0 Å². The van der Waals surface area contributed by atoms with Gasteiger partial charge in [0.15, 0.2) is 0 Å². The van der Waals surface area contributed by atoms with Crippen molar-refractivity contribution in [1.82, 2.24) is 0 Å². The average molecular weight is 203 g/mol. The van der Waals surface area contributed by atoms with Gasteiger partial charge in [-0.05, 0) is 0 Å². The van der Waals surface area contributed by atoms with Gasteiger partial charge < -0.3 is 5.48 Å². The normalized spacial score (nSPS) is 2.50. The van der Waals surface area contributed by atoms with Crippen LogP contribution in [0.3, 0.4) is 0 Å². The minimum atomic E-state index is -2.00.